The van der Waals surface area contributed by atoms with Crippen molar-refractivity contribution in [1.82, 2.24) is 10.2 Å². The third-order valence-corrected chi connectivity index (χ3v) is 6.58. The van der Waals surface area contributed by atoms with Crippen molar-refractivity contribution in [3.63, 3.8) is 0 Å². The fraction of sp³-hybridized carbons (Fsp3) is 0.300. The molecule has 0 spiro atoms. The molecule has 10 heteroatoms. The Morgan fingerprint density at radius 2 is 1.95 bits per heavy atom. The number of aliphatic imine (C=N–C) groups is 1. The zero-order chi connectivity index (χ0) is 29.1. The Morgan fingerprint density at radius 1 is 1.23 bits per heavy atom. The van der Waals surface area contributed by atoms with Crippen LogP contribution in [0.15, 0.2) is 82.3 Å². The number of carbonyl (C=O) groups is 1. The lowest BCUT2D eigenvalue weighted by molar-refractivity contribution is -0.139. The number of para-hydroxylation sites is 1. The first-order valence-electron chi connectivity index (χ1n) is 12.6. The second-order valence-electron chi connectivity index (χ2n) is 8.70. The highest BCUT2D eigenvalue weighted by Gasteiger charge is 2.38. The number of benzene rings is 2. The van der Waals surface area contributed by atoms with Crippen molar-refractivity contribution in [1.29, 1.82) is 5.26 Å². The molecule has 0 amide bonds. The monoisotopic (exact) mass is 562 g/mol. The minimum absolute atomic E-state index is 0.0174. The van der Waals surface area contributed by atoms with Gasteiger partial charge in [-0.3, -0.25) is 0 Å². The van der Waals surface area contributed by atoms with Gasteiger partial charge in [0, 0.05) is 24.7 Å². The number of carbonyl (C=O) groups excluding carboxylic acids is 2. The molecule has 1 heterocycles. The third kappa shape index (κ3) is 7.19. The quantitative estimate of drug-likeness (QED) is 0.138. The van der Waals surface area contributed by atoms with Crippen molar-refractivity contribution in [3.05, 3.63) is 93.5 Å². The summed E-state index contributed by atoms with van der Waals surface area (Å²) >= 11 is 6.54. The van der Waals surface area contributed by atoms with Crippen LogP contribution in [0.1, 0.15) is 30.9 Å². The summed E-state index contributed by atoms with van der Waals surface area (Å²) in [5, 5.41) is 12.8. The van der Waals surface area contributed by atoms with E-state index in [-0.39, 0.29) is 18.8 Å². The molecule has 1 aliphatic heterocycles. The van der Waals surface area contributed by atoms with Crippen LogP contribution in [0.4, 0.5) is 5.69 Å². The number of hydrogen-bond donors (Lipinski definition) is 1. The molecule has 3 rings (SSSR count). The molecule has 2 aromatic rings. The van der Waals surface area contributed by atoms with Crippen LogP contribution in [0, 0.1) is 11.3 Å². The average molecular weight is 563 g/mol. The highest BCUT2D eigenvalue weighted by Crippen LogP contribution is 2.41. The van der Waals surface area contributed by atoms with Gasteiger partial charge in [-0.2, -0.15) is 5.26 Å². The smallest absolute Gasteiger partial charge is 0.336 e. The summed E-state index contributed by atoms with van der Waals surface area (Å²) in [5.41, 5.74) is 2.73. The molecule has 0 aromatic heterocycles. The van der Waals surface area contributed by atoms with Crippen LogP contribution in [0.25, 0.3) is 0 Å². The Morgan fingerprint density at radius 3 is 2.62 bits per heavy atom. The van der Waals surface area contributed by atoms with E-state index in [4.69, 9.17) is 25.8 Å². The standard InChI is InChI=1S/C30H31ClN4O5/c1-5-40-30(37)28-26(19-39-17-15-35(3)20(2)33-24-13-9-6-10-21(24)18-32)34-25(14-16-36)29(38-4)27(28)22-11-7-8-12-23(22)31/h6-14,27,34H,5,15,17,19H2,1-4H3. The highest BCUT2D eigenvalue weighted by atomic mass is 35.5. The number of amidine groups is 1. The number of dihydropyridines is 1. The van der Waals surface area contributed by atoms with Gasteiger partial charge in [0.05, 0.1) is 61.1 Å². The van der Waals surface area contributed by atoms with Gasteiger partial charge >= 0.3 is 5.97 Å². The SMILES string of the molecule is CCOC(=O)C1=C(COCCN(C)C(C)=Nc2ccccc2C#N)NC(C=C=O)=C(OC)C1c1ccccc1Cl. The van der Waals surface area contributed by atoms with Crippen molar-refractivity contribution in [3.8, 4) is 6.07 Å². The molecule has 1 aliphatic rings. The zero-order valence-electron chi connectivity index (χ0n) is 22.9. The number of esters is 1. The number of ether oxygens (including phenoxy) is 3. The third-order valence-electron chi connectivity index (χ3n) is 6.24. The number of nitrogens with zero attached hydrogens (tertiary/aromatic N) is 3. The number of halogens is 1. The molecule has 9 nitrogen and oxygen atoms in total. The molecule has 40 heavy (non-hydrogen) atoms. The molecule has 1 unspecified atom stereocenters. The van der Waals surface area contributed by atoms with Gasteiger partial charge < -0.3 is 24.4 Å². The number of allylic oxidation sites excluding steroid dienone is 2. The summed E-state index contributed by atoms with van der Waals surface area (Å²) in [7, 11) is 3.33. The van der Waals surface area contributed by atoms with Crippen LogP contribution in [0.3, 0.4) is 0 Å². The second kappa shape index (κ2) is 14.7. The first-order valence-corrected chi connectivity index (χ1v) is 13.0. The Kier molecular flexibility index (Phi) is 11.1. The van der Waals surface area contributed by atoms with E-state index in [0.29, 0.717) is 58.0 Å². The van der Waals surface area contributed by atoms with E-state index >= 15 is 0 Å². The highest BCUT2D eigenvalue weighted by molar-refractivity contribution is 6.31. The van der Waals surface area contributed by atoms with Crippen LogP contribution in [-0.4, -0.2) is 63.2 Å². The van der Waals surface area contributed by atoms with Gasteiger partial charge in [0.2, 0.25) is 0 Å². The van der Waals surface area contributed by atoms with Gasteiger partial charge in [-0.25, -0.2) is 14.6 Å². The first kappa shape index (κ1) is 30.2. The van der Waals surface area contributed by atoms with E-state index in [9.17, 15) is 14.9 Å². The maximum Gasteiger partial charge on any atom is 0.336 e. The summed E-state index contributed by atoms with van der Waals surface area (Å²) in [6.45, 7) is 4.53. The first-order chi connectivity index (χ1) is 19.4. The topological polar surface area (TPSA) is 113 Å². The minimum atomic E-state index is -0.741. The molecule has 0 aliphatic carbocycles. The van der Waals surface area contributed by atoms with Crippen LogP contribution in [0.2, 0.25) is 5.02 Å². The van der Waals surface area contributed by atoms with Gasteiger partial charge in [0.15, 0.2) is 0 Å². The Bertz CT molecular complexity index is 1420. The van der Waals surface area contributed by atoms with Crippen molar-refractivity contribution in [2.45, 2.75) is 19.8 Å². The maximum atomic E-state index is 13.3. The van der Waals surface area contributed by atoms with Crippen molar-refractivity contribution in [2.75, 3.05) is 40.5 Å². The van der Waals surface area contributed by atoms with Crippen LogP contribution in [-0.2, 0) is 23.8 Å². The Hall–Kier alpha value is -4.35. The van der Waals surface area contributed by atoms with Gasteiger partial charge in [-0.1, -0.05) is 41.9 Å². The summed E-state index contributed by atoms with van der Waals surface area (Å²) in [5.74, 6) is 1.51. The largest absolute Gasteiger partial charge is 0.498 e. The summed E-state index contributed by atoms with van der Waals surface area (Å²) in [4.78, 5) is 31.0. The van der Waals surface area contributed by atoms with E-state index < -0.39 is 11.9 Å². The summed E-state index contributed by atoms with van der Waals surface area (Å²) < 4.78 is 17.0. The number of likely N-dealkylation sites (N-methyl/N-ethyl adjacent to an activating group) is 1. The molecular weight excluding hydrogens is 532 g/mol. The second-order valence-corrected chi connectivity index (χ2v) is 9.11. The fourth-order valence-corrected chi connectivity index (χ4v) is 4.42. The van der Waals surface area contributed by atoms with Gasteiger partial charge in [0.1, 0.15) is 23.6 Å². The number of hydrogen-bond acceptors (Lipinski definition) is 8. The van der Waals surface area contributed by atoms with Crippen molar-refractivity contribution >= 4 is 35.0 Å². The predicted molar refractivity (Wildman–Crippen MR) is 153 cm³/mol. The van der Waals surface area contributed by atoms with Crippen molar-refractivity contribution in [2.24, 2.45) is 4.99 Å². The van der Waals surface area contributed by atoms with E-state index in [2.05, 4.69) is 16.4 Å². The summed E-state index contributed by atoms with van der Waals surface area (Å²) in [6, 6.07) is 16.4. The zero-order valence-corrected chi connectivity index (χ0v) is 23.6. The molecule has 1 atom stereocenters. The summed E-state index contributed by atoms with van der Waals surface area (Å²) in [6.07, 6.45) is 1.21. The van der Waals surface area contributed by atoms with Gasteiger partial charge in [0.25, 0.3) is 0 Å². The lowest BCUT2D eigenvalue weighted by atomic mass is 9.84. The molecule has 1 N–H and O–H groups in total. The Balaban J connectivity index is 1.86. The van der Waals surface area contributed by atoms with E-state index in [0.717, 1.165) is 0 Å². The fourth-order valence-electron chi connectivity index (χ4n) is 4.18. The van der Waals surface area contributed by atoms with Crippen LogP contribution < -0.4 is 5.32 Å². The molecule has 0 fully saturated rings. The number of methoxy groups -OCH3 is 1. The number of nitrogens with one attached hydrogen (secondary N) is 1. The predicted octanol–water partition coefficient (Wildman–Crippen LogP) is 4.66. The van der Waals surface area contributed by atoms with Gasteiger partial charge in [-0.05, 0) is 37.6 Å². The minimum Gasteiger partial charge on any atom is -0.498 e. The maximum absolute atomic E-state index is 13.3. The van der Waals surface area contributed by atoms with E-state index in [1.54, 1.807) is 55.3 Å². The van der Waals surface area contributed by atoms with E-state index in [1.165, 1.54) is 13.2 Å². The molecule has 0 saturated carbocycles. The molecular formula is C30H31ClN4O5. The molecule has 0 bridgehead atoms. The van der Waals surface area contributed by atoms with Crippen molar-refractivity contribution < 1.29 is 23.8 Å². The molecule has 208 valence electrons. The lowest BCUT2D eigenvalue weighted by Crippen LogP contribution is -2.34. The molecule has 0 saturated heterocycles. The van der Waals surface area contributed by atoms with Gasteiger partial charge in [-0.15, -0.1) is 0 Å². The van der Waals surface area contributed by atoms with Crippen LogP contribution >= 0.6 is 11.6 Å². The average Bonchev–Trinajstić information content (AvgIpc) is 2.95. The van der Waals surface area contributed by atoms with Crippen LogP contribution in [0.5, 0.6) is 0 Å². The normalized spacial score (nSPS) is 15.1. The Labute approximate surface area is 239 Å². The van der Waals surface area contributed by atoms with E-state index in [1.807, 2.05) is 24.9 Å². The molecule has 0 radical (unpaired) electrons. The number of nitriles is 1. The number of rotatable bonds is 11. The lowest BCUT2D eigenvalue weighted by Gasteiger charge is -2.31. The molecule has 2 aromatic carbocycles.